The Morgan fingerprint density at radius 2 is 0.725 bits per heavy atom. The summed E-state index contributed by atoms with van der Waals surface area (Å²) < 4.78 is 96.9. The molecule has 0 saturated carbocycles. The van der Waals surface area contributed by atoms with E-state index in [2.05, 4.69) is 41.5 Å². The molecule has 0 radical (unpaired) electrons. The third kappa shape index (κ3) is 16.3. The molecule has 4 aliphatic heterocycles. The van der Waals surface area contributed by atoms with Crippen LogP contribution in [-0.2, 0) is 75.8 Å². The van der Waals surface area contributed by atoms with E-state index in [1.54, 1.807) is 42.7 Å². The predicted octanol–water partition coefficient (Wildman–Crippen LogP) is 1.16. The fraction of sp³-hybridized carbons (Fsp3) is 1.00. The number of aliphatic hydroxyl groups excluding tert-OH is 4. The van der Waals surface area contributed by atoms with Gasteiger partial charge in [0.1, 0.15) is 42.7 Å². The molecule has 4 N–H and O–H groups in total. The van der Waals surface area contributed by atoms with Crippen LogP contribution in [0.3, 0.4) is 0 Å². The van der Waals surface area contributed by atoms with Crippen molar-refractivity contribution in [3.05, 3.63) is 0 Å². The van der Waals surface area contributed by atoms with Crippen LogP contribution in [-0.4, -0.2) is 254 Å². The number of hydrogen-bond acceptors (Lipinski definition) is 20. The van der Waals surface area contributed by atoms with Gasteiger partial charge in [0.25, 0.3) is 0 Å². The van der Waals surface area contributed by atoms with Crippen LogP contribution < -0.4 is 0 Å². The zero-order chi connectivity index (χ0) is 51.1. The van der Waals surface area contributed by atoms with Crippen molar-refractivity contribution in [3.63, 3.8) is 0 Å². The summed E-state index contributed by atoms with van der Waals surface area (Å²) in [5, 5.41) is 44.2. The lowest BCUT2D eigenvalue weighted by Gasteiger charge is -2.49. The molecule has 0 amide bonds. The van der Waals surface area contributed by atoms with Crippen molar-refractivity contribution in [3.8, 4) is 0 Å². The molecule has 408 valence electrons. The van der Waals surface area contributed by atoms with E-state index in [1.165, 1.54) is 14.2 Å². The van der Waals surface area contributed by atoms with Gasteiger partial charge in [-0.25, -0.2) is 0 Å². The maximum atomic E-state index is 11.7. The summed E-state index contributed by atoms with van der Waals surface area (Å²) in [5.74, 6) is -1.37. The van der Waals surface area contributed by atoms with E-state index in [-0.39, 0.29) is 114 Å². The van der Waals surface area contributed by atoms with Gasteiger partial charge in [-0.05, 0) is 17.3 Å². The Bertz CT molecular complexity index is 1390. The fourth-order valence-corrected chi connectivity index (χ4v) is 11.0. The molecule has 20 unspecified atom stereocenters. The van der Waals surface area contributed by atoms with Crippen molar-refractivity contribution in [1.29, 1.82) is 0 Å². The van der Waals surface area contributed by atoms with Gasteiger partial charge in [-0.1, -0.05) is 41.5 Å². The van der Waals surface area contributed by atoms with Crippen LogP contribution in [0.1, 0.15) is 48.0 Å². The van der Waals surface area contributed by atoms with E-state index in [9.17, 15) is 20.4 Å². The monoisotopic (exact) mass is 1000 g/mol. The van der Waals surface area contributed by atoms with Gasteiger partial charge in [0, 0.05) is 80.6 Å². The Kier molecular flexibility index (Phi) is 25.8. The molecule has 69 heavy (non-hydrogen) atoms. The van der Waals surface area contributed by atoms with Crippen molar-refractivity contribution in [2.75, 3.05) is 136 Å². The molecule has 0 spiro atoms. The van der Waals surface area contributed by atoms with E-state index >= 15 is 0 Å². The molecular weight excluding hydrogens is 909 g/mol. The number of methoxy groups -OCH3 is 8. The van der Waals surface area contributed by atoms with Crippen LogP contribution in [0.2, 0.25) is 0 Å². The molecule has 0 bridgehead atoms. The molecule has 0 aromatic heterocycles. The minimum absolute atomic E-state index is 0.0210. The highest BCUT2D eigenvalue weighted by atomic mass is 16.6. The van der Waals surface area contributed by atoms with E-state index in [1.807, 2.05) is 0 Å². The van der Waals surface area contributed by atoms with Gasteiger partial charge < -0.3 is 96.2 Å². The Morgan fingerprint density at radius 3 is 1.10 bits per heavy atom. The number of aliphatic hydroxyl groups is 4. The lowest BCUT2D eigenvalue weighted by atomic mass is 9.70. The average Bonchev–Trinajstić information content (AvgIpc) is 3.29. The van der Waals surface area contributed by atoms with Crippen LogP contribution in [0.15, 0.2) is 0 Å². The zero-order valence-corrected chi connectivity index (χ0v) is 44.1. The molecule has 4 fully saturated rings. The number of ether oxygens (including phenoxy) is 16. The summed E-state index contributed by atoms with van der Waals surface area (Å²) in [6, 6.07) is 0. The summed E-state index contributed by atoms with van der Waals surface area (Å²) in [7, 11) is 12.7. The fourth-order valence-electron chi connectivity index (χ4n) is 11.0. The lowest BCUT2D eigenvalue weighted by molar-refractivity contribution is -0.260. The van der Waals surface area contributed by atoms with Crippen LogP contribution in [0.25, 0.3) is 0 Å². The number of rotatable bonds is 28. The van der Waals surface area contributed by atoms with Crippen molar-refractivity contribution in [2.24, 2.45) is 34.5 Å². The average molecular weight is 1000 g/mol. The summed E-state index contributed by atoms with van der Waals surface area (Å²) in [4.78, 5) is 0. The van der Waals surface area contributed by atoms with Gasteiger partial charge in [0.15, 0.2) is 0 Å². The summed E-state index contributed by atoms with van der Waals surface area (Å²) in [6.07, 6.45) is -9.54. The lowest BCUT2D eigenvalue weighted by Crippen LogP contribution is -2.61. The standard InChI is InChI=1S/C49H92O20/c1-48(2,3)17-31-46(60-13)45(59-12)30(34(66-31)24-62-16-15-50)20-65-26-37-41(52)43(57-10)28(32(68-37)21-54-7)18-63-25-36-40(51)44(58-11)29(33(67-36)22-55-8)19-64-27-38-42(53)47(61-14)39(49(4,5)6)35(69-38)23-56-9/h28-47,50-53H,15-27H2,1-14H3. The molecule has 0 aliphatic carbocycles. The molecule has 4 aliphatic rings. The second-order valence-electron chi connectivity index (χ2n) is 21.3. The molecule has 20 nitrogen and oxygen atoms in total. The largest absolute Gasteiger partial charge is 0.394 e. The van der Waals surface area contributed by atoms with Gasteiger partial charge in [0.05, 0.1) is 134 Å². The van der Waals surface area contributed by atoms with E-state index < -0.39 is 91.2 Å². The third-order valence-corrected chi connectivity index (χ3v) is 14.2. The normalized spacial score (nSPS) is 39.2. The van der Waals surface area contributed by atoms with Gasteiger partial charge in [-0.15, -0.1) is 0 Å². The van der Waals surface area contributed by atoms with Gasteiger partial charge in [0.2, 0.25) is 0 Å². The Morgan fingerprint density at radius 1 is 0.377 bits per heavy atom. The first-order valence-electron chi connectivity index (χ1n) is 24.6. The minimum atomic E-state index is -1.11. The first-order valence-corrected chi connectivity index (χ1v) is 24.6. The highest BCUT2D eigenvalue weighted by Gasteiger charge is 2.52. The van der Waals surface area contributed by atoms with Gasteiger partial charge in [-0.2, -0.15) is 0 Å². The highest BCUT2D eigenvalue weighted by molar-refractivity contribution is 5.00. The van der Waals surface area contributed by atoms with Crippen LogP contribution in [0.4, 0.5) is 0 Å². The topological polar surface area (TPSA) is 229 Å². The SMILES string of the molecule is COCC1OC(COCC2C(COCCO)OC(CC(C)(C)C)C(OC)C2OC)C(O)C(OC)C1COCC1OC(COC)C(COCC2OC(COC)C(C(C)(C)C)C(OC)C2O)C(OC)C1O. The van der Waals surface area contributed by atoms with Crippen LogP contribution in [0.5, 0.6) is 0 Å². The van der Waals surface area contributed by atoms with Crippen molar-refractivity contribution >= 4 is 0 Å². The summed E-state index contributed by atoms with van der Waals surface area (Å²) >= 11 is 0. The quantitative estimate of drug-likeness (QED) is 0.0807. The van der Waals surface area contributed by atoms with Gasteiger partial charge in [-0.3, -0.25) is 0 Å². The molecule has 4 rings (SSSR count). The number of hydrogen-bond donors (Lipinski definition) is 4. The van der Waals surface area contributed by atoms with Crippen LogP contribution >= 0.6 is 0 Å². The van der Waals surface area contributed by atoms with Gasteiger partial charge >= 0.3 is 0 Å². The van der Waals surface area contributed by atoms with E-state index in [4.69, 9.17) is 75.8 Å². The first-order chi connectivity index (χ1) is 32.9. The molecule has 0 aromatic rings. The Labute approximate surface area is 411 Å². The Hall–Kier alpha value is -0.800. The molecule has 4 saturated heterocycles. The summed E-state index contributed by atoms with van der Waals surface area (Å²) in [6.45, 7) is 14.1. The predicted molar refractivity (Wildman–Crippen MR) is 250 cm³/mol. The summed E-state index contributed by atoms with van der Waals surface area (Å²) in [5.41, 5.74) is -0.275. The molecule has 4 heterocycles. The smallest absolute Gasteiger partial charge is 0.110 e. The van der Waals surface area contributed by atoms with E-state index in [0.29, 0.717) is 6.61 Å². The molecular formula is C49H92O20. The Balaban J connectivity index is 1.37. The van der Waals surface area contributed by atoms with Crippen molar-refractivity contribution < 1.29 is 96.2 Å². The van der Waals surface area contributed by atoms with Crippen LogP contribution in [0, 0.1) is 34.5 Å². The minimum Gasteiger partial charge on any atom is -0.394 e. The highest BCUT2D eigenvalue weighted by Crippen LogP contribution is 2.41. The first kappa shape index (κ1) is 60.8. The third-order valence-electron chi connectivity index (χ3n) is 14.2. The molecule has 0 aromatic carbocycles. The van der Waals surface area contributed by atoms with Crippen molar-refractivity contribution in [2.45, 2.75) is 146 Å². The van der Waals surface area contributed by atoms with Crippen molar-refractivity contribution in [1.82, 2.24) is 0 Å². The maximum absolute atomic E-state index is 11.7. The van der Waals surface area contributed by atoms with E-state index in [0.717, 1.165) is 6.42 Å². The molecule has 20 atom stereocenters. The second-order valence-corrected chi connectivity index (χ2v) is 21.3. The zero-order valence-electron chi connectivity index (χ0n) is 44.1. The second kappa shape index (κ2) is 29.3. The molecule has 20 heteroatoms. The maximum Gasteiger partial charge on any atom is 0.110 e.